The predicted octanol–water partition coefficient (Wildman–Crippen LogP) is 1.38. The quantitative estimate of drug-likeness (QED) is 0.862. The molecule has 2 atom stereocenters. The van der Waals surface area contributed by atoms with Gasteiger partial charge in [-0.25, -0.2) is 13.1 Å². The van der Waals surface area contributed by atoms with Crippen LogP contribution >= 0.6 is 0 Å². The second-order valence-corrected chi connectivity index (χ2v) is 8.09. The highest BCUT2D eigenvalue weighted by Gasteiger charge is 2.54. The highest BCUT2D eigenvalue weighted by atomic mass is 32.2. The van der Waals surface area contributed by atoms with E-state index >= 15 is 0 Å². The Hall–Kier alpha value is -0.910. The summed E-state index contributed by atoms with van der Waals surface area (Å²) in [7, 11) is -3.36. The SMILES string of the molecule is CC(C)Cc1ccc(S(=O)(=O)NC2C3CNCC32)cc1. The van der Waals surface area contributed by atoms with Crippen LogP contribution in [-0.2, 0) is 16.4 Å². The van der Waals surface area contributed by atoms with Gasteiger partial charge in [0.2, 0.25) is 10.0 Å². The van der Waals surface area contributed by atoms with Gasteiger partial charge in [-0.15, -0.1) is 0 Å². The van der Waals surface area contributed by atoms with Crippen LogP contribution < -0.4 is 10.0 Å². The summed E-state index contributed by atoms with van der Waals surface area (Å²) in [5.41, 5.74) is 1.19. The third-order valence-corrected chi connectivity index (χ3v) is 5.74. The van der Waals surface area contributed by atoms with Crippen LogP contribution in [0.15, 0.2) is 29.2 Å². The van der Waals surface area contributed by atoms with Crippen molar-refractivity contribution in [1.82, 2.24) is 10.0 Å². The monoisotopic (exact) mass is 294 g/mol. The smallest absolute Gasteiger partial charge is 0.240 e. The first-order valence-electron chi connectivity index (χ1n) is 7.29. The molecule has 20 heavy (non-hydrogen) atoms. The first-order valence-corrected chi connectivity index (χ1v) is 8.77. The molecule has 1 aliphatic heterocycles. The van der Waals surface area contributed by atoms with Crippen molar-refractivity contribution in [2.75, 3.05) is 13.1 Å². The largest absolute Gasteiger partial charge is 0.316 e. The maximum Gasteiger partial charge on any atom is 0.240 e. The summed E-state index contributed by atoms with van der Waals surface area (Å²) in [6.45, 7) is 6.19. The minimum Gasteiger partial charge on any atom is -0.316 e. The van der Waals surface area contributed by atoms with E-state index in [-0.39, 0.29) is 6.04 Å². The number of hydrogen-bond acceptors (Lipinski definition) is 3. The van der Waals surface area contributed by atoms with Crippen LogP contribution in [-0.4, -0.2) is 27.5 Å². The van der Waals surface area contributed by atoms with E-state index in [4.69, 9.17) is 0 Å². The number of piperidine rings is 1. The van der Waals surface area contributed by atoms with Gasteiger partial charge in [-0.3, -0.25) is 0 Å². The second-order valence-electron chi connectivity index (χ2n) is 6.37. The third-order valence-electron chi connectivity index (χ3n) is 4.26. The molecule has 0 aromatic heterocycles. The zero-order chi connectivity index (χ0) is 14.3. The lowest BCUT2D eigenvalue weighted by molar-refractivity contribution is 0.565. The van der Waals surface area contributed by atoms with Gasteiger partial charge in [-0.1, -0.05) is 26.0 Å². The number of sulfonamides is 1. The van der Waals surface area contributed by atoms with Gasteiger partial charge in [0.25, 0.3) is 0 Å². The Bertz CT molecular complexity index is 570. The predicted molar refractivity (Wildman–Crippen MR) is 78.9 cm³/mol. The lowest BCUT2D eigenvalue weighted by Crippen LogP contribution is -2.32. The van der Waals surface area contributed by atoms with Crippen LogP contribution in [0, 0.1) is 17.8 Å². The Labute approximate surface area is 121 Å². The van der Waals surface area contributed by atoms with E-state index in [1.165, 1.54) is 5.56 Å². The zero-order valence-corrected chi connectivity index (χ0v) is 12.8. The van der Waals surface area contributed by atoms with Crippen molar-refractivity contribution in [3.8, 4) is 0 Å². The summed E-state index contributed by atoms with van der Waals surface area (Å²) in [6.07, 6.45) is 0.978. The van der Waals surface area contributed by atoms with Gasteiger partial charge >= 0.3 is 0 Å². The van der Waals surface area contributed by atoms with Crippen LogP contribution in [0.4, 0.5) is 0 Å². The summed E-state index contributed by atoms with van der Waals surface area (Å²) in [6, 6.07) is 7.41. The lowest BCUT2D eigenvalue weighted by atomic mass is 10.0. The third kappa shape index (κ3) is 2.75. The van der Waals surface area contributed by atoms with E-state index in [2.05, 4.69) is 23.9 Å². The maximum atomic E-state index is 12.3. The van der Waals surface area contributed by atoms with Crippen molar-refractivity contribution in [3.05, 3.63) is 29.8 Å². The molecule has 5 heteroatoms. The van der Waals surface area contributed by atoms with Crippen LogP contribution in [0.2, 0.25) is 0 Å². The molecular weight excluding hydrogens is 272 g/mol. The molecule has 1 aromatic carbocycles. The number of benzene rings is 1. The van der Waals surface area contributed by atoms with E-state index < -0.39 is 10.0 Å². The van der Waals surface area contributed by atoms with Gasteiger partial charge in [0.05, 0.1) is 4.90 Å². The van der Waals surface area contributed by atoms with E-state index in [9.17, 15) is 8.42 Å². The van der Waals surface area contributed by atoms with Gasteiger partial charge in [0.15, 0.2) is 0 Å². The Balaban J connectivity index is 1.68. The summed E-state index contributed by atoms with van der Waals surface area (Å²) in [5, 5.41) is 3.27. The molecule has 2 unspecified atom stereocenters. The average molecular weight is 294 g/mol. The van der Waals surface area contributed by atoms with Crippen molar-refractivity contribution < 1.29 is 8.42 Å². The second kappa shape index (κ2) is 5.13. The van der Waals surface area contributed by atoms with E-state index in [0.29, 0.717) is 22.6 Å². The molecule has 1 aliphatic carbocycles. The topological polar surface area (TPSA) is 58.2 Å². The molecule has 1 aromatic rings. The maximum absolute atomic E-state index is 12.3. The van der Waals surface area contributed by atoms with Crippen LogP contribution in [0.1, 0.15) is 19.4 Å². The molecule has 2 aliphatic rings. The molecule has 110 valence electrons. The lowest BCUT2D eigenvalue weighted by Gasteiger charge is -2.10. The number of hydrogen-bond donors (Lipinski definition) is 2. The van der Waals surface area contributed by atoms with Gasteiger partial charge in [0.1, 0.15) is 0 Å². The molecule has 0 radical (unpaired) electrons. The number of nitrogens with one attached hydrogen (secondary N) is 2. The molecule has 1 saturated heterocycles. The minimum atomic E-state index is -3.36. The highest BCUT2D eigenvalue weighted by Crippen LogP contribution is 2.42. The van der Waals surface area contributed by atoms with Crippen molar-refractivity contribution in [2.24, 2.45) is 17.8 Å². The summed E-state index contributed by atoms with van der Waals surface area (Å²) in [4.78, 5) is 0.378. The highest BCUT2D eigenvalue weighted by molar-refractivity contribution is 7.89. The molecular formula is C15H22N2O2S. The Morgan fingerprint density at radius 2 is 1.80 bits per heavy atom. The Morgan fingerprint density at radius 1 is 1.20 bits per heavy atom. The molecule has 1 saturated carbocycles. The molecule has 1 heterocycles. The van der Waals surface area contributed by atoms with Gasteiger partial charge in [-0.2, -0.15) is 0 Å². The summed E-state index contributed by atoms with van der Waals surface area (Å²) >= 11 is 0. The van der Waals surface area contributed by atoms with E-state index in [1.54, 1.807) is 12.1 Å². The zero-order valence-electron chi connectivity index (χ0n) is 12.0. The van der Waals surface area contributed by atoms with Gasteiger partial charge < -0.3 is 5.32 Å². The van der Waals surface area contributed by atoms with E-state index in [0.717, 1.165) is 19.5 Å². The number of rotatable bonds is 5. The molecule has 4 nitrogen and oxygen atoms in total. The molecule has 3 rings (SSSR count). The first kappa shape index (κ1) is 14.0. The molecule has 0 bridgehead atoms. The first-order chi connectivity index (χ1) is 9.47. The molecule has 2 fully saturated rings. The summed E-state index contributed by atoms with van der Waals surface area (Å²) < 4.78 is 27.5. The fourth-order valence-corrected chi connectivity index (χ4v) is 4.45. The van der Waals surface area contributed by atoms with Crippen molar-refractivity contribution in [1.29, 1.82) is 0 Å². The van der Waals surface area contributed by atoms with Crippen molar-refractivity contribution >= 4 is 10.0 Å². The summed E-state index contributed by atoms with van der Waals surface area (Å²) in [5.74, 6) is 1.56. The fourth-order valence-electron chi connectivity index (χ4n) is 3.12. The minimum absolute atomic E-state index is 0.136. The normalized spacial score (nSPS) is 28.6. The Morgan fingerprint density at radius 3 is 2.35 bits per heavy atom. The van der Waals surface area contributed by atoms with Crippen molar-refractivity contribution in [3.63, 3.8) is 0 Å². The van der Waals surface area contributed by atoms with Gasteiger partial charge in [0, 0.05) is 6.04 Å². The van der Waals surface area contributed by atoms with E-state index in [1.807, 2.05) is 12.1 Å². The molecule has 0 amide bonds. The fraction of sp³-hybridized carbons (Fsp3) is 0.600. The van der Waals surface area contributed by atoms with Crippen LogP contribution in [0.3, 0.4) is 0 Å². The van der Waals surface area contributed by atoms with Crippen LogP contribution in [0.5, 0.6) is 0 Å². The molecule has 0 spiro atoms. The van der Waals surface area contributed by atoms with Crippen LogP contribution in [0.25, 0.3) is 0 Å². The van der Waals surface area contributed by atoms with Crippen molar-refractivity contribution in [2.45, 2.75) is 31.2 Å². The average Bonchev–Trinajstić information content (AvgIpc) is 2.83. The van der Waals surface area contributed by atoms with Gasteiger partial charge in [-0.05, 0) is 55.0 Å². The standard InChI is InChI=1S/C15H22N2O2S/c1-10(2)7-11-3-5-12(6-4-11)20(18,19)17-15-13-8-16-9-14(13)15/h3-6,10,13-17H,7-9H2,1-2H3. The molecule has 2 N–H and O–H groups in total. The number of fused-ring (bicyclic) bond motifs is 1. The Kier molecular flexibility index (Phi) is 3.60.